The molecule has 1 aromatic carbocycles. The molecular formula is C25H28N6O. The maximum atomic E-state index is 11.0. The summed E-state index contributed by atoms with van der Waals surface area (Å²) in [6.45, 7) is 2.24. The molecule has 4 aliphatic rings. The normalized spacial score (nSPS) is 29.6. The van der Waals surface area contributed by atoms with E-state index in [1.807, 2.05) is 6.20 Å². The monoisotopic (exact) mass is 428 g/mol. The summed E-state index contributed by atoms with van der Waals surface area (Å²) < 4.78 is 2.09. The zero-order chi connectivity index (χ0) is 21.4. The van der Waals surface area contributed by atoms with Crippen LogP contribution in [0.4, 0.5) is 5.69 Å². The van der Waals surface area contributed by atoms with Crippen LogP contribution < -0.4 is 4.90 Å². The predicted octanol–water partition coefficient (Wildman–Crippen LogP) is 3.41. The molecule has 0 N–H and O–H groups in total. The molecule has 4 heterocycles. The summed E-state index contributed by atoms with van der Waals surface area (Å²) in [6, 6.07) is 8.14. The Kier molecular flexibility index (Phi) is 4.01. The lowest BCUT2D eigenvalue weighted by Crippen LogP contribution is -2.44. The lowest BCUT2D eigenvalue weighted by Gasteiger charge is -2.33. The first-order chi connectivity index (χ1) is 15.7. The minimum absolute atomic E-state index is 0.191. The van der Waals surface area contributed by atoms with Crippen molar-refractivity contribution < 1.29 is 4.79 Å². The van der Waals surface area contributed by atoms with E-state index in [-0.39, 0.29) is 5.92 Å². The van der Waals surface area contributed by atoms with Gasteiger partial charge in [0.25, 0.3) is 0 Å². The number of aromatic nitrogens is 4. The number of likely N-dealkylation sites (N-methyl/N-ethyl adjacent to an activating group) is 1. The number of piperazine rings is 1. The van der Waals surface area contributed by atoms with Crippen molar-refractivity contribution in [3.8, 4) is 11.3 Å². The van der Waals surface area contributed by atoms with E-state index in [9.17, 15) is 4.79 Å². The van der Waals surface area contributed by atoms with Gasteiger partial charge in [0.2, 0.25) is 0 Å². The van der Waals surface area contributed by atoms with Crippen LogP contribution in [-0.4, -0.2) is 63.2 Å². The molecule has 2 aromatic heterocycles. The minimum atomic E-state index is 0.191. The highest BCUT2D eigenvalue weighted by Crippen LogP contribution is 2.45. The number of carbonyl (C=O) groups is 1. The molecular weight excluding hydrogens is 400 g/mol. The molecule has 32 heavy (non-hydrogen) atoms. The molecule has 4 fully saturated rings. The van der Waals surface area contributed by atoms with Crippen molar-refractivity contribution in [2.75, 3.05) is 25.0 Å². The second kappa shape index (κ2) is 6.85. The van der Waals surface area contributed by atoms with Crippen molar-refractivity contribution in [3.05, 3.63) is 36.3 Å². The van der Waals surface area contributed by atoms with Crippen LogP contribution in [0.3, 0.4) is 0 Å². The number of carbonyl (C=O) groups excluding carboxylic acids is 1. The Morgan fingerprint density at radius 1 is 1.03 bits per heavy atom. The van der Waals surface area contributed by atoms with Crippen molar-refractivity contribution in [1.82, 2.24) is 24.6 Å². The van der Waals surface area contributed by atoms with E-state index in [4.69, 9.17) is 15.1 Å². The third-order valence-electron chi connectivity index (χ3n) is 8.09. The third kappa shape index (κ3) is 2.90. The van der Waals surface area contributed by atoms with Gasteiger partial charge in [-0.3, -0.25) is 14.6 Å². The van der Waals surface area contributed by atoms with Crippen molar-refractivity contribution in [2.45, 2.75) is 56.1 Å². The molecule has 0 radical (unpaired) electrons. The van der Waals surface area contributed by atoms with E-state index < -0.39 is 0 Å². The highest BCUT2D eigenvalue weighted by Gasteiger charge is 2.41. The molecule has 0 spiro atoms. The van der Waals surface area contributed by atoms with Gasteiger partial charge in [-0.2, -0.15) is 5.10 Å². The van der Waals surface area contributed by atoms with E-state index >= 15 is 0 Å². The molecule has 7 rings (SSSR count). The largest absolute Gasteiger partial charge is 0.366 e. The Labute approximate surface area is 187 Å². The lowest BCUT2D eigenvalue weighted by molar-refractivity contribution is -0.114. The van der Waals surface area contributed by atoms with Gasteiger partial charge in [-0.1, -0.05) is 0 Å². The minimum Gasteiger partial charge on any atom is -0.366 e. The standard InChI is InChI=1S/C25H28N6O/c1-29-11-20-8-19(29)12-30(20)17-4-5-22-23(9-17)27-24(10-26-22)21-13-31(18-6-15(7-18)14-32)28-25(21)16-2-3-16/h4-5,9-10,13-16,18-20H,2-3,6-8,11-12H2,1H3/t15?,18?,19-,20-/m1/s1. The molecule has 2 aliphatic heterocycles. The second-order valence-corrected chi connectivity index (χ2v) is 10.3. The smallest absolute Gasteiger partial charge is 0.123 e. The van der Waals surface area contributed by atoms with E-state index in [1.165, 1.54) is 24.9 Å². The number of likely N-dealkylation sites (tertiary alicyclic amines) is 1. The van der Waals surface area contributed by atoms with Crippen LogP contribution in [0.25, 0.3) is 22.3 Å². The first kappa shape index (κ1) is 18.7. The van der Waals surface area contributed by atoms with Crippen LogP contribution in [-0.2, 0) is 4.79 Å². The fourth-order valence-corrected chi connectivity index (χ4v) is 5.90. The Balaban J connectivity index is 1.23. The third-order valence-corrected chi connectivity index (χ3v) is 8.09. The zero-order valence-electron chi connectivity index (χ0n) is 18.4. The summed E-state index contributed by atoms with van der Waals surface area (Å²) in [6.07, 6.45) is 10.6. The van der Waals surface area contributed by atoms with Gasteiger partial charge in [0.05, 0.1) is 34.7 Å². The van der Waals surface area contributed by atoms with Crippen molar-refractivity contribution in [2.24, 2.45) is 5.92 Å². The first-order valence-electron chi connectivity index (χ1n) is 11.9. The van der Waals surface area contributed by atoms with Gasteiger partial charge >= 0.3 is 0 Å². The highest BCUT2D eigenvalue weighted by molar-refractivity contribution is 5.81. The number of fused-ring (bicyclic) bond motifs is 3. The quantitative estimate of drug-likeness (QED) is 0.580. The molecule has 7 nitrogen and oxygen atoms in total. The number of hydrogen-bond donors (Lipinski definition) is 0. The molecule has 164 valence electrons. The number of rotatable bonds is 5. The van der Waals surface area contributed by atoms with Crippen LogP contribution in [0.2, 0.25) is 0 Å². The van der Waals surface area contributed by atoms with Gasteiger partial charge < -0.3 is 9.69 Å². The summed E-state index contributed by atoms with van der Waals surface area (Å²) in [5.74, 6) is 0.728. The molecule has 2 saturated carbocycles. The van der Waals surface area contributed by atoms with E-state index in [1.54, 1.807) is 0 Å². The average molecular weight is 429 g/mol. The Bertz CT molecular complexity index is 1210. The molecule has 2 atom stereocenters. The van der Waals surface area contributed by atoms with Crippen LogP contribution in [0, 0.1) is 5.92 Å². The SMILES string of the molecule is CN1C[C@H]2C[C@@H]1CN2c1ccc2ncc(-c3cn(C4CC(C=O)C4)nc3C3CC3)nc2c1. The average Bonchev–Trinajstić information content (AvgIpc) is 3.23. The first-order valence-corrected chi connectivity index (χ1v) is 11.9. The maximum Gasteiger partial charge on any atom is 0.123 e. The van der Waals surface area contributed by atoms with Gasteiger partial charge in [0.1, 0.15) is 6.29 Å². The lowest BCUT2D eigenvalue weighted by atomic mass is 9.81. The predicted molar refractivity (Wildman–Crippen MR) is 123 cm³/mol. The van der Waals surface area contributed by atoms with Crippen molar-refractivity contribution in [3.63, 3.8) is 0 Å². The molecule has 2 saturated heterocycles. The summed E-state index contributed by atoms with van der Waals surface area (Å²) in [7, 11) is 2.24. The van der Waals surface area contributed by atoms with E-state index in [2.05, 4.69) is 45.9 Å². The number of aldehydes is 1. The van der Waals surface area contributed by atoms with Gasteiger partial charge in [0.15, 0.2) is 0 Å². The zero-order valence-corrected chi connectivity index (χ0v) is 18.4. The van der Waals surface area contributed by atoms with Gasteiger partial charge in [-0.15, -0.1) is 0 Å². The van der Waals surface area contributed by atoms with Gasteiger partial charge in [0, 0.05) is 54.5 Å². The van der Waals surface area contributed by atoms with E-state index in [0.717, 1.165) is 60.2 Å². The topological polar surface area (TPSA) is 67.2 Å². The molecule has 3 aromatic rings. The Morgan fingerprint density at radius 2 is 1.91 bits per heavy atom. The number of nitrogens with zero attached hydrogens (tertiary/aromatic N) is 6. The van der Waals surface area contributed by atoms with Gasteiger partial charge in [-0.25, -0.2) is 4.98 Å². The van der Waals surface area contributed by atoms with Crippen LogP contribution >= 0.6 is 0 Å². The fourth-order valence-electron chi connectivity index (χ4n) is 5.90. The Hall–Kier alpha value is -2.80. The van der Waals surface area contributed by atoms with Crippen LogP contribution in [0.15, 0.2) is 30.6 Å². The molecule has 2 aliphatic carbocycles. The van der Waals surface area contributed by atoms with Crippen molar-refractivity contribution >= 4 is 23.0 Å². The summed E-state index contributed by atoms with van der Waals surface area (Å²) >= 11 is 0. The molecule has 0 unspecified atom stereocenters. The van der Waals surface area contributed by atoms with Gasteiger partial charge in [-0.05, 0) is 57.4 Å². The van der Waals surface area contributed by atoms with Crippen LogP contribution in [0.5, 0.6) is 0 Å². The number of benzene rings is 1. The summed E-state index contributed by atoms with van der Waals surface area (Å²) in [4.78, 5) is 25.9. The number of anilines is 1. The number of hydrogen-bond acceptors (Lipinski definition) is 6. The highest BCUT2D eigenvalue weighted by atomic mass is 16.1. The van der Waals surface area contributed by atoms with Crippen LogP contribution in [0.1, 0.15) is 49.8 Å². The van der Waals surface area contributed by atoms with E-state index in [0.29, 0.717) is 24.0 Å². The summed E-state index contributed by atoms with van der Waals surface area (Å²) in [5.41, 5.74) is 6.34. The summed E-state index contributed by atoms with van der Waals surface area (Å²) in [5, 5.41) is 4.95. The second-order valence-electron chi connectivity index (χ2n) is 10.3. The Morgan fingerprint density at radius 3 is 2.62 bits per heavy atom. The molecule has 2 bridgehead atoms. The molecule has 0 amide bonds. The van der Waals surface area contributed by atoms with Crippen molar-refractivity contribution in [1.29, 1.82) is 0 Å². The fraction of sp³-hybridized carbons (Fsp3) is 0.520. The molecule has 7 heteroatoms. The maximum absolute atomic E-state index is 11.0.